The highest BCUT2D eigenvalue weighted by molar-refractivity contribution is 7.93. The average molecular weight is 485 g/mol. The van der Waals surface area contributed by atoms with Gasteiger partial charge in [0, 0.05) is 43.2 Å². The average Bonchev–Trinajstić information content (AvgIpc) is 2.85. The summed E-state index contributed by atoms with van der Waals surface area (Å²) in [6, 6.07) is 16.4. The van der Waals surface area contributed by atoms with Crippen molar-refractivity contribution < 1.29 is 18.0 Å². The van der Waals surface area contributed by atoms with Crippen LogP contribution >= 0.6 is 0 Å². The molecule has 2 saturated heterocycles. The lowest BCUT2D eigenvalue weighted by Gasteiger charge is -2.32. The van der Waals surface area contributed by atoms with Gasteiger partial charge in [-0.15, -0.1) is 0 Å². The maximum absolute atomic E-state index is 12.8. The van der Waals surface area contributed by atoms with Gasteiger partial charge in [-0.05, 0) is 68.5 Å². The van der Waals surface area contributed by atoms with Crippen molar-refractivity contribution in [1.29, 1.82) is 0 Å². The van der Waals surface area contributed by atoms with Gasteiger partial charge in [0.2, 0.25) is 21.8 Å². The molecule has 9 heteroatoms. The molecular formula is C25H32N4O4S. The largest absolute Gasteiger partial charge is 0.372 e. The number of piperidine rings is 2. The molecule has 1 atom stereocenters. The Bertz CT molecular complexity index is 1080. The van der Waals surface area contributed by atoms with E-state index < -0.39 is 21.7 Å². The second-order valence-corrected chi connectivity index (χ2v) is 10.7. The maximum atomic E-state index is 12.8. The van der Waals surface area contributed by atoms with Crippen molar-refractivity contribution >= 4 is 38.9 Å². The summed E-state index contributed by atoms with van der Waals surface area (Å²) in [7, 11) is -3.86. The topological polar surface area (TPSA) is 98.8 Å². The first-order chi connectivity index (χ1) is 16.4. The fourth-order valence-electron chi connectivity index (χ4n) is 4.55. The van der Waals surface area contributed by atoms with Gasteiger partial charge < -0.3 is 15.1 Å². The minimum Gasteiger partial charge on any atom is -0.372 e. The van der Waals surface area contributed by atoms with Crippen molar-refractivity contribution in [1.82, 2.24) is 4.90 Å². The standard InChI is InChI=1S/C25H32N4O4S/c30-24(29-17-7-8-20(18-29)25(31)26-21-9-3-1-4-10-21)19-34(32,33)27-22-11-13-23(14-12-22)28-15-5-2-6-16-28/h1,3-4,9-14,20,27H,2,5-8,15-19H2,(H,26,31). The van der Waals surface area contributed by atoms with Gasteiger partial charge in [-0.25, -0.2) is 8.42 Å². The highest BCUT2D eigenvalue weighted by Gasteiger charge is 2.30. The van der Waals surface area contributed by atoms with Crippen LogP contribution < -0.4 is 14.9 Å². The number of sulfonamides is 1. The first-order valence-electron chi connectivity index (χ1n) is 11.9. The Kier molecular flexibility index (Phi) is 7.72. The molecule has 4 rings (SSSR count). The van der Waals surface area contributed by atoms with Crippen LogP contribution in [0, 0.1) is 5.92 Å². The Hall–Kier alpha value is -3.07. The lowest BCUT2D eigenvalue weighted by molar-refractivity contribution is -0.132. The summed E-state index contributed by atoms with van der Waals surface area (Å²) in [6.07, 6.45) is 4.91. The van der Waals surface area contributed by atoms with Gasteiger partial charge >= 0.3 is 0 Å². The van der Waals surface area contributed by atoms with Gasteiger partial charge in [0.15, 0.2) is 0 Å². The number of anilines is 3. The number of hydrogen-bond acceptors (Lipinski definition) is 5. The molecule has 2 aromatic rings. The maximum Gasteiger partial charge on any atom is 0.241 e. The zero-order valence-electron chi connectivity index (χ0n) is 19.3. The second kappa shape index (κ2) is 10.9. The molecular weight excluding hydrogens is 452 g/mol. The third-order valence-electron chi connectivity index (χ3n) is 6.36. The Morgan fingerprint density at radius 1 is 0.853 bits per heavy atom. The van der Waals surface area contributed by atoms with E-state index in [4.69, 9.17) is 0 Å². The molecule has 0 bridgehead atoms. The molecule has 1 unspecified atom stereocenters. The van der Waals surface area contributed by atoms with E-state index in [0.717, 1.165) is 18.8 Å². The van der Waals surface area contributed by atoms with Gasteiger partial charge in [0.1, 0.15) is 5.75 Å². The molecule has 0 radical (unpaired) electrons. The van der Waals surface area contributed by atoms with E-state index in [0.29, 0.717) is 30.8 Å². The number of likely N-dealkylation sites (tertiary alicyclic amines) is 1. The quantitative estimate of drug-likeness (QED) is 0.628. The molecule has 0 aliphatic carbocycles. The van der Waals surface area contributed by atoms with Crippen LogP contribution in [0.4, 0.5) is 17.1 Å². The highest BCUT2D eigenvalue weighted by Crippen LogP contribution is 2.23. The predicted molar refractivity (Wildman–Crippen MR) is 134 cm³/mol. The summed E-state index contributed by atoms with van der Waals surface area (Å²) in [6.45, 7) is 2.70. The Morgan fingerprint density at radius 2 is 1.56 bits per heavy atom. The van der Waals surface area contributed by atoms with Gasteiger partial charge in [-0.1, -0.05) is 18.2 Å². The Labute approximate surface area is 201 Å². The molecule has 2 aromatic carbocycles. The van der Waals surface area contributed by atoms with Crippen molar-refractivity contribution in [2.24, 2.45) is 5.92 Å². The molecule has 2 N–H and O–H groups in total. The van der Waals surface area contributed by atoms with Crippen LogP contribution in [-0.2, 0) is 19.6 Å². The monoisotopic (exact) mass is 484 g/mol. The van der Waals surface area contributed by atoms with E-state index in [1.54, 1.807) is 24.3 Å². The number of hydrogen-bond donors (Lipinski definition) is 2. The molecule has 0 aromatic heterocycles. The third-order valence-corrected chi connectivity index (χ3v) is 7.54. The van der Waals surface area contributed by atoms with Gasteiger partial charge in [0.05, 0.1) is 5.92 Å². The van der Waals surface area contributed by atoms with E-state index in [1.807, 2.05) is 30.3 Å². The molecule has 2 fully saturated rings. The molecule has 2 aliphatic rings. The lowest BCUT2D eigenvalue weighted by atomic mass is 9.97. The minimum atomic E-state index is -3.86. The number of rotatable bonds is 7. The van der Waals surface area contributed by atoms with E-state index in [2.05, 4.69) is 14.9 Å². The fraction of sp³-hybridized carbons (Fsp3) is 0.440. The van der Waals surface area contributed by atoms with E-state index in [-0.39, 0.29) is 18.4 Å². The SMILES string of the molecule is O=C(Nc1ccccc1)C1CCCN(C(=O)CS(=O)(=O)Nc2ccc(N3CCCCC3)cc2)C1. The summed E-state index contributed by atoms with van der Waals surface area (Å²) < 4.78 is 27.8. The normalized spacial score (nSPS) is 18.9. The highest BCUT2D eigenvalue weighted by atomic mass is 32.2. The summed E-state index contributed by atoms with van der Waals surface area (Å²) in [5.74, 6) is -1.66. The van der Waals surface area contributed by atoms with Crippen LogP contribution in [0.3, 0.4) is 0 Å². The van der Waals surface area contributed by atoms with Crippen LogP contribution in [-0.4, -0.2) is 57.1 Å². The van der Waals surface area contributed by atoms with E-state index in [9.17, 15) is 18.0 Å². The minimum absolute atomic E-state index is 0.154. The molecule has 2 amide bonds. The zero-order valence-corrected chi connectivity index (χ0v) is 20.1. The fourth-order valence-corrected chi connectivity index (χ4v) is 5.62. The lowest BCUT2D eigenvalue weighted by Crippen LogP contribution is -2.46. The number of benzene rings is 2. The van der Waals surface area contributed by atoms with Gasteiger partial charge in [0.25, 0.3) is 0 Å². The number of carbonyl (C=O) groups excluding carboxylic acids is 2. The van der Waals surface area contributed by atoms with Gasteiger partial charge in [-0.2, -0.15) is 0 Å². The van der Waals surface area contributed by atoms with Crippen molar-refractivity contribution in [2.75, 3.05) is 46.9 Å². The molecule has 8 nitrogen and oxygen atoms in total. The molecule has 2 aliphatic heterocycles. The molecule has 0 spiro atoms. The molecule has 182 valence electrons. The summed E-state index contributed by atoms with van der Waals surface area (Å²) in [4.78, 5) is 29.2. The number of para-hydroxylation sites is 1. The second-order valence-electron chi connectivity index (χ2n) is 8.99. The van der Waals surface area contributed by atoms with Crippen molar-refractivity contribution in [2.45, 2.75) is 32.1 Å². The first-order valence-corrected chi connectivity index (χ1v) is 13.5. The van der Waals surface area contributed by atoms with Crippen LogP contribution in [0.2, 0.25) is 0 Å². The summed E-state index contributed by atoms with van der Waals surface area (Å²) in [5.41, 5.74) is 2.22. The molecule has 2 heterocycles. The van der Waals surface area contributed by atoms with Gasteiger partial charge in [-0.3, -0.25) is 14.3 Å². The number of carbonyl (C=O) groups is 2. The van der Waals surface area contributed by atoms with Crippen LogP contribution in [0.5, 0.6) is 0 Å². The van der Waals surface area contributed by atoms with Crippen molar-refractivity contribution in [3.8, 4) is 0 Å². The van der Waals surface area contributed by atoms with E-state index in [1.165, 1.54) is 24.2 Å². The Morgan fingerprint density at radius 3 is 2.26 bits per heavy atom. The third kappa shape index (κ3) is 6.50. The summed E-state index contributed by atoms with van der Waals surface area (Å²) in [5, 5.41) is 2.87. The van der Waals surface area contributed by atoms with E-state index >= 15 is 0 Å². The first kappa shape index (κ1) is 24.1. The van der Waals surface area contributed by atoms with Crippen LogP contribution in [0.15, 0.2) is 54.6 Å². The summed E-state index contributed by atoms with van der Waals surface area (Å²) >= 11 is 0. The van der Waals surface area contributed by atoms with Crippen molar-refractivity contribution in [3.63, 3.8) is 0 Å². The smallest absolute Gasteiger partial charge is 0.241 e. The van der Waals surface area contributed by atoms with Crippen LogP contribution in [0.1, 0.15) is 32.1 Å². The number of nitrogens with zero attached hydrogens (tertiary/aromatic N) is 2. The molecule has 0 saturated carbocycles. The molecule has 34 heavy (non-hydrogen) atoms. The number of nitrogens with one attached hydrogen (secondary N) is 2. The predicted octanol–water partition coefficient (Wildman–Crippen LogP) is 3.30. The Balaban J connectivity index is 1.30. The number of amides is 2. The zero-order chi connectivity index (χ0) is 24.0. The van der Waals surface area contributed by atoms with Crippen LogP contribution in [0.25, 0.3) is 0 Å². The van der Waals surface area contributed by atoms with Crippen molar-refractivity contribution in [3.05, 3.63) is 54.6 Å².